The summed E-state index contributed by atoms with van der Waals surface area (Å²) < 4.78 is 11.7. The Kier molecular flexibility index (Phi) is 2.58. The van der Waals surface area contributed by atoms with Crippen LogP contribution in [0.4, 0.5) is 0 Å². The summed E-state index contributed by atoms with van der Waals surface area (Å²) in [5, 5.41) is 0. The number of rotatable bonds is 1. The molecule has 0 radical (unpaired) electrons. The number of nitrogens with zero attached hydrogens (tertiary/aromatic N) is 1. The van der Waals surface area contributed by atoms with Crippen molar-refractivity contribution < 1.29 is 14.3 Å². The van der Waals surface area contributed by atoms with Gasteiger partial charge in [0.25, 0.3) is 0 Å². The Labute approximate surface area is 118 Å². The normalized spacial score (nSPS) is 34.8. The van der Waals surface area contributed by atoms with Crippen molar-refractivity contribution in [1.82, 2.24) is 4.90 Å². The summed E-state index contributed by atoms with van der Waals surface area (Å²) >= 11 is 0. The fourth-order valence-corrected chi connectivity index (χ4v) is 4.10. The maximum absolute atomic E-state index is 12.6. The lowest BCUT2D eigenvalue weighted by Crippen LogP contribution is -2.63. The van der Waals surface area contributed by atoms with Crippen molar-refractivity contribution in [2.75, 3.05) is 26.7 Å². The number of ketones is 1. The zero-order valence-corrected chi connectivity index (χ0v) is 11.7. The van der Waals surface area contributed by atoms with Crippen molar-refractivity contribution in [2.24, 2.45) is 5.92 Å². The van der Waals surface area contributed by atoms with E-state index in [9.17, 15) is 4.79 Å². The SMILES string of the molecule is COc1cccc2c1C(=O)C[C@]1(CN3CCC1CC3)O2. The molecule has 3 saturated heterocycles. The first-order valence-corrected chi connectivity index (χ1v) is 7.33. The summed E-state index contributed by atoms with van der Waals surface area (Å²) in [6.07, 6.45) is 2.78. The highest BCUT2D eigenvalue weighted by atomic mass is 16.5. The highest BCUT2D eigenvalue weighted by Gasteiger charge is 2.52. The van der Waals surface area contributed by atoms with Gasteiger partial charge in [0.1, 0.15) is 22.7 Å². The van der Waals surface area contributed by atoms with Gasteiger partial charge in [-0.1, -0.05) is 6.07 Å². The van der Waals surface area contributed by atoms with E-state index >= 15 is 0 Å². The van der Waals surface area contributed by atoms with Gasteiger partial charge in [0, 0.05) is 12.5 Å². The molecule has 4 aliphatic rings. The highest BCUT2D eigenvalue weighted by molar-refractivity contribution is 6.03. The second kappa shape index (κ2) is 4.22. The van der Waals surface area contributed by atoms with Gasteiger partial charge < -0.3 is 9.47 Å². The van der Waals surface area contributed by atoms with Crippen molar-refractivity contribution in [2.45, 2.75) is 24.9 Å². The number of ether oxygens (including phenoxy) is 2. The van der Waals surface area contributed by atoms with Gasteiger partial charge in [-0.25, -0.2) is 0 Å². The number of piperidine rings is 3. The molecule has 0 amide bonds. The van der Waals surface area contributed by atoms with E-state index in [1.165, 1.54) is 0 Å². The van der Waals surface area contributed by atoms with E-state index in [-0.39, 0.29) is 11.4 Å². The molecule has 106 valence electrons. The van der Waals surface area contributed by atoms with Gasteiger partial charge in [-0.3, -0.25) is 9.69 Å². The molecule has 1 aromatic carbocycles. The Morgan fingerprint density at radius 1 is 1.35 bits per heavy atom. The van der Waals surface area contributed by atoms with E-state index in [0.29, 0.717) is 29.4 Å². The van der Waals surface area contributed by atoms with Crippen LogP contribution in [0.2, 0.25) is 0 Å². The number of benzene rings is 1. The molecular weight excluding hydrogens is 254 g/mol. The molecule has 2 bridgehead atoms. The predicted molar refractivity (Wildman–Crippen MR) is 74.5 cm³/mol. The van der Waals surface area contributed by atoms with E-state index in [0.717, 1.165) is 32.5 Å². The van der Waals surface area contributed by atoms with Gasteiger partial charge in [0.2, 0.25) is 0 Å². The topological polar surface area (TPSA) is 38.8 Å². The first-order valence-electron chi connectivity index (χ1n) is 7.33. The van der Waals surface area contributed by atoms with Gasteiger partial charge in [-0.15, -0.1) is 0 Å². The van der Waals surface area contributed by atoms with Crippen LogP contribution in [-0.2, 0) is 0 Å². The largest absolute Gasteiger partial charge is 0.496 e. The summed E-state index contributed by atoms with van der Waals surface area (Å²) in [5.41, 5.74) is 0.324. The third-order valence-electron chi connectivity index (χ3n) is 5.08. The number of Topliss-reactive ketones (excluding diaryl/α,β-unsaturated/α-hetero) is 1. The zero-order valence-electron chi connectivity index (χ0n) is 11.7. The predicted octanol–water partition coefficient (Wildman–Crippen LogP) is 2.12. The van der Waals surface area contributed by atoms with E-state index in [1.807, 2.05) is 18.2 Å². The molecule has 0 aromatic heterocycles. The first-order chi connectivity index (χ1) is 9.72. The van der Waals surface area contributed by atoms with E-state index in [2.05, 4.69) is 4.90 Å². The number of carbonyl (C=O) groups is 1. The maximum atomic E-state index is 12.6. The van der Waals surface area contributed by atoms with Crippen molar-refractivity contribution in [3.63, 3.8) is 0 Å². The van der Waals surface area contributed by atoms with Crippen LogP contribution in [0.15, 0.2) is 18.2 Å². The summed E-state index contributed by atoms with van der Waals surface area (Å²) in [4.78, 5) is 15.1. The molecule has 1 spiro atoms. The average molecular weight is 273 g/mol. The minimum atomic E-state index is -0.299. The molecule has 0 unspecified atom stereocenters. The molecule has 3 fully saturated rings. The van der Waals surface area contributed by atoms with Crippen LogP contribution in [0.3, 0.4) is 0 Å². The quantitative estimate of drug-likeness (QED) is 0.785. The number of methoxy groups -OCH3 is 1. The van der Waals surface area contributed by atoms with Crippen LogP contribution < -0.4 is 9.47 Å². The van der Waals surface area contributed by atoms with E-state index in [1.54, 1.807) is 7.11 Å². The standard InChI is InChI=1S/C16H19NO3/c1-19-13-3-2-4-14-15(13)12(18)9-16(20-14)10-17-7-5-11(16)6-8-17/h2-4,11H,5-10H2,1H3/t16-/m1/s1. The van der Waals surface area contributed by atoms with Crippen molar-refractivity contribution in [3.05, 3.63) is 23.8 Å². The van der Waals surface area contributed by atoms with Crippen molar-refractivity contribution >= 4 is 5.78 Å². The Bertz CT molecular complexity index is 563. The zero-order chi connectivity index (χ0) is 13.7. The van der Waals surface area contributed by atoms with E-state index in [4.69, 9.17) is 9.47 Å². The Morgan fingerprint density at radius 3 is 2.80 bits per heavy atom. The molecule has 0 N–H and O–H groups in total. The van der Waals surface area contributed by atoms with Crippen LogP contribution in [0.25, 0.3) is 0 Å². The molecule has 1 atom stereocenters. The van der Waals surface area contributed by atoms with Crippen LogP contribution in [0.1, 0.15) is 29.6 Å². The minimum Gasteiger partial charge on any atom is -0.496 e. The maximum Gasteiger partial charge on any atom is 0.174 e. The van der Waals surface area contributed by atoms with Gasteiger partial charge in [0.15, 0.2) is 5.78 Å². The van der Waals surface area contributed by atoms with Crippen LogP contribution in [-0.4, -0.2) is 43.0 Å². The molecule has 20 heavy (non-hydrogen) atoms. The minimum absolute atomic E-state index is 0.164. The smallest absolute Gasteiger partial charge is 0.174 e. The molecule has 0 saturated carbocycles. The lowest BCUT2D eigenvalue weighted by Gasteiger charge is -2.54. The van der Waals surface area contributed by atoms with Crippen LogP contribution in [0, 0.1) is 5.92 Å². The first kappa shape index (κ1) is 12.2. The van der Waals surface area contributed by atoms with Gasteiger partial charge in [-0.05, 0) is 38.1 Å². The summed E-state index contributed by atoms with van der Waals surface area (Å²) in [7, 11) is 1.60. The summed E-state index contributed by atoms with van der Waals surface area (Å²) in [6.45, 7) is 3.18. The Balaban J connectivity index is 1.76. The van der Waals surface area contributed by atoms with Gasteiger partial charge in [0.05, 0.1) is 13.5 Å². The molecular formula is C16H19NO3. The number of hydrogen-bond donors (Lipinski definition) is 0. The van der Waals surface area contributed by atoms with Crippen molar-refractivity contribution in [1.29, 1.82) is 0 Å². The fourth-order valence-electron chi connectivity index (χ4n) is 4.10. The van der Waals surface area contributed by atoms with Gasteiger partial charge >= 0.3 is 0 Å². The molecule has 0 aliphatic carbocycles. The number of fused-ring (bicyclic) bond motifs is 3. The Morgan fingerprint density at radius 2 is 2.15 bits per heavy atom. The molecule has 4 aliphatic heterocycles. The van der Waals surface area contributed by atoms with Crippen LogP contribution >= 0.6 is 0 Å². The Hall–Kier alpha value is -1.55. The summed E-state index contributed by atoms with van der Waals surface area (Å²) in [6, 6.07) is 5.62. The molecule has 4 heterocycles. The van der Waals surface area contributed by atoms with Crippen LogP contribution in [0.5, 0.6) is 11.5 Å². The van der Waals surface area contributed by atoms with Crippen molar-refractivity contribution in [3.8, 4) is 11.5 Å². The number of carbonyl (C=O) groups excluding carboxylic acids is 1. The fraction of sp³-hybridized carbons (Fsp3) is 0.562. The lowest BCUT2D eigenvalue weighted by atomic mass is 9.71. The average Bonchev–Trinajstić information content (AvgIpc) is 2.47. The third-order valence-corrected chi connectivity index (χ3v) is 5.08. The second-order valence-corrected chi connectivity index (χ2v) is 6.15. The van der Waals surface area contributed by atoms with Gasteiger partial charge in [-0.2, -0.15) is 0 Å². The number of hydrogen-bond acceptors (Lipinski definition) is 4. The molecule has 4 heteroatoms. The second-order valence-electron chi connectivity index (χ2n) is 6.15. The third kappa shape index (κ3) is 1.61. The van der Waals surface area contributed by atoms with E-state index < -0.39 is 0 Å². The molecule has 5 rings (SSSR count). The molecule has 4 nitrogen and oxygen atoms in total. The lowest BCUT2D eigenvalue weighted by molar-refractivity contribution is -0.0960. The summed E-state index contributed by atoms with van der Waals surface area (Å²) in [5.74, 6) is 2.01. The monoisotopic (exact) mass is 273 g/mol. The molecule has 1 aromatic rings. The highest BCUT2D eigenvalue weighted by Crippen LogP contribution is 2.47.